The first-order valence-corrected chi connectivity index (χ1v) is 7.51. The normalized spacial score (nSPS) is 23.5. The van der Waals surface area contributed by atoms with Crippen LogP contribution in [-0.2, 0) is 4.74 Å². The van der Waals surface area contributed by atoms with Gasteiger partial charge in [0.05, 0.1) is 9.30 Å². The van der Waals surface area contributed by atoms with E-state index in [4.69, 9.17) is 12.2 Å². The Morgan fingerprint density at radius 3 is 2.68 bits per heavy atom. The highest BCUT2D eigenvalue weighted by atomic mass is 19.1. The molecule has 1 fully saturated rings. The number of halogens is 1. The summed E-state index contributed by atoms with van der Waals surface area (Å²) in [6.07, 6.45) is 1.49. The second kappa shape index (κ2) is 6.99. The maximum absolute atomic E-state index is 13.0. The maximum atomic E-state index is 13.0. The molecule has 0 radical (unpaired) electrons. The molecule has 1 aromatic rings. The molecule has 122 valence electrons. The Morgan fingerprint density at radius 2 is 2.05 bits per heavy atom. The first-order valence-electron chi connectivity index (χ1n) is 8.51. The molecule has 1 saturated carbocycles. The van der Waals surface area contributed by atoms with Crippen molar-refractivity contribution >= 4 is 6.09 Å². The molecule has 2 atom stereocenters. The number of amides is 1. The topological polar surface area (TPSA) is 47.6 Å². The van der Waals surface area contributed by atoms with Gasteiger partial charge in [-0.05, 0) is 57.9 Å². The van der Waals surface area contributed by atoms with Crippen molar-refractivity contribution in [3.63, 3.8) is 0 Å². The van der Waals surface area contributed by atoms with E-state index in [-0.39, 0.29) is 11.8 Å². The van der Waals surface area contributed by atoms with Crippen molar-refractivity contribution in [3.05, 3.63) is 30.1 Å². The molecular formula is C17H24FNO3. The van der Waals surface area contributed by atoms with Crippen LogP contribution < -0.4 is 10.1 Å². The third-order valence-electron chi connectivity index (χ3n) is 3.36. The van der Waals surface area contributed by atoms with Gasteiger partial charge in [0, 0.05) is 12.0 Å². The maximum Gasteiger partial charge on any atom is 0.407 e. The highest BCUT2D eigenvalue weighted by Crippen LogP contribution is 2.27. The number of hydrogen-bond acceptors (Lipinski definition) is 3. The molecule has 0 bridgehead atoms. The number of hydrogen-bond donors (Lipinski definition) is 1. The van der Waals surface area contributed by atoms with Crippen LogP contribution >= 0.6 is 0 Å². The number of carbonyl (C=O) groups excluding carboxylic acids is 1. The van der Waals surface area contributed by atoms with Crippen LogP contribution in [0.2, 0.25) is 0 Å². The SMILES string of the molecule is [2H]C([2H])(Oc1ccc(F)cc1)[C@H]1CCC[C@@H]1NC(=O)OC(C)(C)C. The van der Waals surface area contributed by atoms with E-state index >= 15 is 0 Å². The predicted octanol–water partition coefficient (Wildman–Crippen LogP) is 3.90. The van der Waals surface area contributed by atoms with Gasteiger partial charge in [0.15, 0.2) is 0 Å². The quantitative estimate of drug-likeness (QED) is 0.917. The van der Waals surface area contributed by atoms with Gasteiger partial charge < -0.3 is 14.8 Å². The Balaban J connectivity index is 2.02. The van der Waals surface area contributed by atoms with Crippen LogP contribution in [0.4, 0.5) is 9.18 Å². The van der Waals surface area contributed by atoms with E-state index in [1.165, 1.54) is 24.3 Å². The highest BCUT2D eigenvalue weighted by molar-refractivity contribution is 5.68. The monoisotopic (exact) mass is 311 g/mol. The number of ether oxygens (including phenoxy) is 2. The summed E-state index contributed by atoms with van der Waals surface area (Å²) in [6, 6.07) is 4.85. The predicted molar refractivity (Wildman–Crippen MR) is 82.4 cm³/mol. The summed E-state index contributed by atoms with van der Waals surface area (Å²) in [4.78, 5) is 11.9. The van der Waals surface area contributed by atoms with E-state index in [2.05, 4.69) is 5.32 Å². The van der Waals surface area contributed by atoms with Gasteiger partial charge in [0.1, 0.15) is 17.2 Å². The smallest absolute Gasteiger partial charge is 0.407 e. The van der Waals surface area contributed by atoms with Crippen molar-refractivity contribution in [1.29, 1.82) is 0 Å². The molecule has 22 heavy (non-hydrogen) atoms. The van der Waals surface area contributed by atoms with E-state index in [1.807, 2.05) is 0 Å². The minimum absolute atomic E-state index is 0.254. The lowest BCUT2D eigenvalue weighted by Crippen LogP contribution is -2.42. The van der Waals surface area contributed by atoms with Gasteiger partial charge in [-0.3, -0.25) is 0 Å². The second-order valence-electron chi connectivity index (χ2n) is 6.46. The van der Waals surface area contributed by atoms with Crippen LogP contribution in [0.5, 0.6) is 5.75 Å². The second-order valence-corrected chi connectivity index (χ2v) is 6.46. The van der Waals surface area contributed by atoms with Gasteiger partial charge in [0.25, 0.3) is 0 Å². The highest BCUT2D eigenvalue weighted by Gasteiger charge is 2.30. The molecule has 4 nitrogen and oxygen atoms in total. The zero-order chi connectivity index (χ0) is 18.0. The van der Waals surface area contributed by atoms with Crippen LogP contribution in [0.1, 0.15) is 42.8 Å². The van der Waals surface area contributed by atoms with Crippen molar-refractivity contribution in [2.24, 2.45) is 5.92 Å². The largest absolute Gasteiger partial charge is 0.493 e. The fraction of sp³-hybridized carbons (Fsp3) is 0.588. The zero-order valence-electron chi connectivity index (χ0n) is 15.2. The first-order chi connectivity index (χ1) is 11.1. The Morgan fingerprint density at radius 1 is 1.36 bits per heavy atom. The van der Waals surface area contributed by atoms with Crippen LogP contribution in [0, 0.1) is 11.7 Å². The van der Waals surface area contributed by atoms with Gasteiger partial charge in [-0.15, -0.1) is 0 Å². The van der Waals surface area contributed by atoms with Crippen LogP contribution in [0.3, 0.4) is 0 Å². The fourth-order valence-corrected chi connectivity index (χ4v) is 2.38. The lowest BCUT2D eigenvalue weighted by molar-refractivity contribution is 0.0485. The van der Waals surface area contributed by atoms with Crippen molar-refractivity contribution in [2.45, 2.75) is 51.7 Å². The molecule has 2 rings (SSSR count). The molecule has 1 aliphatic carbocycles. The van der Waals surface area contributed by atoms with Gasteiger partial charge in [-0.25, -0.2) is 9.18 Å². The number of alkyl carbamates (subject to hydrolysis) is 1. The summed E-state index contributed by atoms with van der Waals surface area (Å²) in [5.41, 5.74) is -0.609. The molecule has 1 aliphatic rings. The number of carbonyl (C=O) groups is 1. The molecule has 1 aromatic carbocycles. The number of rotatable bonds is 4. The molecule has 0 unspecified atom stereocenters. The minimum Gasteiger partial charge on any atom is -0.493 e. The number of benzene rings is 1. The number of nitrogens with one attached hydrogen (secondary N) is 1. The Bertz CT molecular complexity index is 572. The average Bonchev–Trinajstić information content (AvgIpc) is 2.88. The van der Waals surface area contributed by atoms with Gasteiger partial charge in [-0.2, -0.15) is 0 Å². The molecule has 1 amide bonds. The fourth-order valence-electron chi connectivity index (χ4n) is 2.38. The lowest BCUT2D eigenvalue weighted by atomic mass is 10.1. The Kier molecular flexibility index (Phi) is 4.40. The standard InChI is InChI=1S/C17H24FNO3/c1-17(2,3)22-16(20)19-15-6-4-5-12(15)11-21-14-9-7-13(18)8-10-14/h7-10,12,15H,4-6,11H2,1-3H3,(H,19,20)/t12-,15+/m1/s1/i11D2. The van der Waals surface area contributed by atoms with E-state index in [0.29, 0.717) is 12.8 Å². The summed E-state index contributed by atoms with van der Waals surface area (Å²) in [5, 5.41) is 2.75. The molecule has 0 aliphatic heterocycles. The van der Waals surface area contributed by atoms with Crippen LogP contribution in [0.25, 0.3) is 0 Å². The Labute approximate surface area is 133 Å². The molecular weight excluding hydrogens is 285 g/mol. The van der Waals surface area contributed by atoms with E-state index < -0.39 is 30.0 Å². The van der Waals surface area contributed by atoms with E-state index in [9.17, 15) is 9.18 Å². The molecule has 0 heterocycles. The molecule has 1 N–H and O–H groups in total. The van der Waals surface area contributed by atoms with Crippen LogP contribution in [-0.4, -0.2) is 24.3 Å². The minimum atomic E-state index is -1.98. The van der Waals surface area contributed by atoms with Crippen molar-refractivity contribution in [3.8, 4) is 5.75 Å². The van der Waals surface area contributed by atoms with Crippen molar-refractivity contribution in [2.75, 3.05) is 6.56 Å². The van der Waals surface area contributed by atoms with Gasteiger partial charge in [0.2, 0.25) is 0 Å². The summed E-state index contributed by atoms with van der Waals surface area (Å²) >= 11 is 0. The zero-order valence-corrected chi connectivity index (χ0v) is 13.2. The summed E-state index contributed by atoms with van der Waals surface area (Å²) in [6.45, 7) is 3.34. The van der Waals surface area contributed by atoms with Crippen molar-refractivity contribution in [1.82, 2.24) is 5.32 Å². The van der Waals surface area contributed by atoms with Gasteiger partial charge >= 0.3 is 6.09 Å². The molecule has 0 aromatic heterocycles. The average molecular weight is 311 g/mol. The van der Waals surface area contributed by atoms with E-state index in [1.54, 1.807) is 20.8 Å². The Hall–Kier alpha value is -1.78. The molecule has 0 saturated heterocycles. The van der Waals surface area contributed by atoms with Gasteiger partial charge in [-0.1, -0.05) is 6.42 Å². The molecule has 0 spiro atoms. The third kappa shape index (κ3) is 5.20. The summed E-state index contributed by atoms with van der Waals surface area (Å²) < 4.78 is 40.1. The van der Waals surface area contributed by atoms with Crippen molar-refractivity contribution < 1.29 is 21.4 Å². The lowest BCUT2D eigenvalue weighted by Gasteiger charge is -2.24. The summed E-state index contributed by atoms with van der Waals surface area (Å²) in [7, 11) is 0. The third-order valence-corrected chi connectivity index (χ3v) is 3.36. The van der Waals surface area contributed by atoms with Crippen LogP contribution in [0.15, 0.2) is 24.3 Å². The summed E-state index contributed by atoms with van der Waals surface area (Å²) in [5.74, 6) is -0.660. The molecule has 5 heteroatoms. The first kappa shape index (κ1) is 13.9. The van der Waals surface area contributed by atoms with E-state index in [0.717, 1.165) is 6.42 Å².